The Morgan fingerprint density at radius 1 is 1.62 bits per heavy atom. The smallest absolute Gasteiger partial charge is 0.0595 e. The lowest BCUT2D eigenvalue weighted by molar-refractivity contribution is 0.711. The Morgan fingerprint density at radius 2 is 2.25 bits per heavy atom. The van der Waals surface area contributed by atoms with Crippen molar-refractivity contribution < 1.29 is 0 Å². The van der Waals surface area contributed by atoms with Gasteiger partial charge in [-0.05, 0) is 6.54 Å². The molecule has 0 aliphatic rings. The molecule has 0 radical (unpaired) electrons. The van der Waals surface area contributed by atoms with Gasteiger partial charge in [0.25, 0.3) is 0 Å². The average Bonchev–Trinajstić information content (AvgIpc) is 1.83. The fourth-order valence-electron chi connectivity index (χ4n) is 0.356. The van der Waals surface area contributed by atoms with E-state index in [1.807, 2.05) is 6.92 Å². The molecule has 1 unspecified atom stereocenters. The highest BCUT2D eigenvalue weighted by atomic mass is 35.5. The van der Waals surface area contributed by atoms with Gasteiger partial charge in [-0.1, -0.05) is 6.92 Å². The molecule has 0 fully saturated rings. The van der Waals surface area contributed by atoms with Gasteiger partial charge < -0.3 is 5.32 Å². The minimum absolute atomic E-state index is 0.0802. The third-order valence-electron chi connectivity index (χ3n) is 0.783. The monoisotopic (exact) mass is 155 g/mol. The first-order valence-electron chi connectivity index (χ1n) is 2.72. The van der Waals surface area contributed by atoms with E-state index in [0.717, 1.165) is 13.1 Å². The summed E-state index contributed by atoms with van der Waals surface area (Å²) >= 11 is 11.1. The third kappa shape index (κ3) is 4.69. The highest BCUT2D eigenvalue weighted by Crippen LogP contribution is 1.95. The molecule has 0 rings (SSSR count). The second-order valence-electron chi connectivity index (χ2n) is 1.56. The van der Waals surface area contributed by atoms with E-state index in [1.165, 1.54) is 0 Å². The van der Waals surface area contributed by atoms with E-state index in [4.69, 9.17) is 23.2 Å². The van der Waals surface area contributed by atoms with Crippen molar-refractivity contribution in [3.05, 3.63) is 0 Å². The Labute approximate surface area is 60.4 Å². The summed E-state index contributed by atoms with van der Waals surface area (Å²) < 4.78 is 0. The van der Waals surface area contributed by atoms with Gasteiger partial charge >= 0.3 is 0 Å². The van der Waals surface area contributed by atoms with Crippen LogP contribution in [0.4, 0.5) is 0 Å². The van der Waals surface area contributed by atoms with Gasteiger partial charge in [-0.15, -0.1) is 23.2 Å². The molecular formula is C5H11Cl2N. The number of halogens is 2. The van der Waals surface area contributed by atoms with Crippen LogP contribution in [0.1, 0.15) is 6.92 Å². The summed E-state index contributed by atoms with van der Waals surface area (Å²) in [5.41, 5.74) is 0. The van der Waals surface area contributed by atoms with Crippen LogP contribution in [-0.4, -0.2) is 24.3 Å². The van der Waals surface area contributed by atoms with Crippen molar-refractivity contribution in [3.63, 3.8) is 0 Å². The Hall–Kier alpha value is 0.540. The topological polar surface area (TPSA) is 12.0 Å². The Balaban J connectivity index is 2.86. The van der Waals surface area contributed by atoms with Crippen LogP contribution < -0.4 is 5.32 Å². The van der Waals surface area contributed by atoms with E-state index >= 15 is 0 Å². The summed E-state index contributed by atoms with van der Waals surface area (Å²) in [6, 6.07) is 0. The predicted octanol–water partition coefficient (Wildman–Crippen LogP) is 1.44. The number of hydrogen-bond acceptors (Lipinski definition) is 1. The zero-order chi connectivity index (χ0) is 6.41. The van der Waals surface area contributed by atoms with Crippen LogP contribution in [0.15, 0.2) is 0 Å². The highest BCUT2D eigenvalue weighted by Gasteiger charge is 1.98. The summed E-state index contributed by atoms with van der Waals surface area (Å²) in [5.74, 6) is 0.522. The van der Waals surface area contributed by atoms with Crippen LogP contribution in [0.25, 0.3) is 0 Å². The molecule has 0 aromatic rings. The summed E-state index contributed by atoms with van der Waals surface area (Å²) in [6.45, 7) is 3.81. The molecule has 1 atom stereocenters. The molecule has 50 valence electrons. The second kappa shape index (κ2) is 5.67. The zero-order valence-electron chi connectivity index (χ0n) is 4.95. The van der Waals surface area contributed by atoms with Gasteiger partial charge in [0.15, 0.2) is 0 Å². The van der Waals surface area contributed by atoms with Crippen molar-refractivity contribution in [2.75, 3.05) is 19.0 Å². The van der Waals surface area contributed by atoms with Crippen molar-refractivity contribution in [2.45, 2.75) is 12.3 Å². The first kappa shape index (κ1) is 8.54. The molecule has 0 bridgehead atoms. The van der Waals surface area contributed by atoms with Gasteiger partial charge in [0.1, 0.15) is 0 Å². The van der Waals surface area contributed by atoms with Gasteiger partial charge in [-0.3, -0.25) is 0 Å². The molecule has 0 heterocycles. The Morgan fingerprint density at radius 3 is 2.62 bits per heavy atom. The molecule has 0 spiro atoms. The molecule has 8 heavy (non-hydrogen) atoms. The molecule has 1 N–H and O–H groups in total. The van der Waals surface area contributed by atoms with Crippen LogP contribution in [-0.2, 0) is 0 Å². The molecule has 0 amide bonds. The van der Waals surface area contributed by atoms with Crippen LogP contribution in [0, 0.1) is 0 Å². The van der Waals surface area contributed by atoms with Crippen molar-refractivity contribution >= 4 is 23.2 Å². The Kier molecular flexibility index (Phi) is 6.06. The lowest BCUT2D eigenvalue weighted by Crippen LogP contribution is -2.23. The van der Waals surface area contributed by atoms with E-state index in [1.54, 1.807) is 0 Å². The Bertz CT molecular complexity index is 49.7. The van der Waals surface area contributed by atoms with E-state index in [0.29, 0.717) is 5.88 Å². The average molecular weight is 156 g/mol. The molecule has 0 aromatic heterocycles. The van der Waals surface area contributed by atoms with Crippen molar-refractivity contribution in [3.8, 4) is 0 Å². The molecule has 0 aromatic carbocycles. The van der Waals surface area contributed by atoms with Crippen LogP contribution in [0.2, 0.25) is 0 Å². The van der Waals surface area contributed by atoms with Crippen LogP contribution in [0.5, 0.6) is 0 Å². The normalized spacial score (nSPS) is 13.9. The minimum Gasteiger partial charge on any atom is -0.315 e. The number of hydrogen-bond donors (Lipinski definition) is 1. The minimum atomic E-state index is 0.0802. The van der Waals surface area contributed by atoms with Gasteiger partial charge in [0, 0.05) is 12.4 Å². The molecular weight excluding hydrogens is 145 g/mol. The number of rotatable bonds is 4. The summed E-state index contributed by atoms with van der Waals surface area (Å²) in [4.78, 5) is 0. The van der Waals surface area contributed by atoms with E-state index in [2.05, 4.69) is 5.32 Å². The molecule has 0 aliphatic heterocycles. The van der Waals surface area contributed by atoms with Crippen LogP contribution >= 0.6 is 23.2 Å². The summed E-state index contributed by atoms with van der Waals surface area (Å²) in [5, 5.41) is 3.16. The lowest BCUT2D eigenvalue weighted by atomic mass is 10.5. The maximum Gasteiger partial charge on any atom is 0.0595 e. The predicted molar refractivity (Wildman–Crippen MR) is 38.9 cm³/mol. The number of alkyl halides is 2. The van der Waals surface area contributed by atoms with E-state index in [9.17, 15) is 0 Å². The highest BCUT2D eigenvalue weighted by molar-refractivity contribution is 6.28. The molecule has 0 saturated carbocycles. The van der Waals surface area contributed by atoms with E-state index in [-0.39, 0.29) is 5.38 Å². The third-order valence-corrected chi connectivity index (χ3v) is 1.62. The van der Waals surface area contributed by atoms with Crippen LogP contribution in [0.3, 0.4) is 0 Å². The molecule has 0 aliphatic carbocycles. The second-order valence-corrected chi connectivity index (χ2v) is 2.49. The quantitative estimate of drug-likeness (QED) is 0.607. The van der Waals surface area contributed by atoms with E-state index < -0.39 is 0 Å². The fraction of sp³-hybridized carbons (Fsp3) is 1.00. The van der Waals surface area contributed by atoms with Crippen molar-refractivity contribution in [1.82, 2.24) is 5.32 Å². The maximum absolute atomic E-state index is 5.65. The fourth-order valence-corrected chi connectivity index (χ4v) is 0.574. The molecule has 1 nitrogen and oxygen atoms in total. The largest absolute Gasteiger partial charge is 0.315 e. The zero-order valence-corrected chi connectivity index (χ0v) is 6.47. The van der Waals surface area contributed by atoms with Crippen molar-refractivity contribution in [1.29, 1.82) is 0 Å². The first-order chi connectivity index (χ1) is 3.81. The SMILES string of the molecule is CCNCC(Cl)CCl. The van der Waals surface area contributed by atoms with Gasteiger partial charge in [0.05, 0.1) is 5.38 Å². The maximum atomic E-state index is 5.65. The number of nitrogens with one attached hydrogen (secondary N) is 1. The van der Waals surface area contributed by atoms with Crippen molar-refractivity contribution in [2.24, 2.45) is 0 Å². The summed E-state index contributed by atoms with van der Waals surface area (Å²) in [7, 11) is 0. The van der Waals surface area contributed by atoms with Gasteiger partial charge in [-0.2, -0.15) is 0 Å². The molecule has 0 saturated heterocycles. The van der Waals surface area contributed by atoms with Gasteiger partial charge in [-0.25, -0.2) is 0 Å². The van der Waals surface area contributed by atoms with Gasteiger partial charge in [0.2, 0.25) is 0 Å². The molecule has 3 heteroatoms. The first-order valence-corrected chi connectivity index (χ1v) is 3.69. The summed E-state index contributed by atoms with van der Waals surface area (Å²) in [6.07, 6.45) is 0. The lowest BCUT2D eigenvalue weighted by Gasteiger charge is -2.03. The standard InChI is InChI=1S/C5H11Cl2N/c1-2-8-4-5(7)3-6/h5,8H,2-4H2,1H3.